The molecule has 27 heavy (non-hydrogen) atoms. The van der Waals surface area contributed by atoms with Gasteiger partial charge in [-0.05, 0) is 32.9 Å². The summed E-state index contributed by atoms with van der Waals surface area (Å²) in [6, 6.07) is 7.47. The van der Waals surface area contributed by atoms with Crippen molar-refractivity contribution in [1.29, 1.82) is 0 Å². The number of carbonyl (C=O) groups excluding carboxylic acids is 2. The van der Waals surface area contributed by atoms with Crippen LogP contribution in [0.1, 0.15) is 20.8 Å². The lowest BCUT2D eigenvalue weighted by Crippen LogP contribution is -2.67. The summed E-state index contributed by atoms with van der Waals surface area (Å²) >= 11 is 0. The van der Waals surface area contributed by atoms with Gasteiger partial charge in [0.2, 0.25) is 0 Å². The normalized spacial score (nSPS) is 18.9. The van der Waals surface area contributed by atoms with Crippen molar-refractivity contribution in [2.45, 2.75) is 39.0 Å². The highest BCUT2D eigenvalue weighted by molar-refractivity contribution is 5.82. The van der Waals surface area contributed by atoms with Crippen LogP contribution in [0.4, 0.5) is 15.3 Å². The van der Waals surface area contributed by atoms with Gasteiger partial charge in [0.05, 0.1) is 31.2 Å². The van der Waals surface area contributed by atoms with Gasteiger partial charge in [-0.15, -0.1) is 5.12 Å². The Morgan fingerprint density at radius 3 is 2.26 bits per heavy atom. The van der Waals surface area contributed by atoms with E-state index in [9.17, 15) is 19.8 Å². The summed E-state index contributed by atoms with van der Waals surface area (Å²) in [5.74, 6) is 0. The number of nitrogens with zero attached hydrogens (tertiary/aromatic N) is 4. The third-order valence-electron chi connectivity index (χ3n) is 3.71. The number of hydrogen-bond acceptors (Lipinski definition) is 8. The molecule has 0 fully saturated rings. The first-order valence-corrected chi connectivity index (χ1v) is 8.60. The van der Waals surface area contributed by atoms with E-state index >= 15 is 0 Å². The Bertz CT molecular complexity index is 669. The molecule has 0 saturated carbocycles. The molecule has 0 radical (unpaired) electrons. The number of aliphatic hydroxyl groups excluding tert-OH is 2. The third-order valence-corrected chi connectivity index (χ3v) is 3.71. The fraction of sp³-hybridized carbons (Fsp3) is 0.471. The summed E-state index contributed by atoms with van der Waals surface area (Å²) in [7, 11) is 0. The number of carbonyl (C=O) groups is 2. The summed E-state index contributed by atoms with van der Waals surface area (Å²) in [4.78, 5) is 25.2. The average molecular weight is 380 g/mol. The van der Waals surface area contributed by atoms with Gasteiger partial charge in [0.1, 0.15) is 12.1 Å². The van der Waals surface area contributed by atoms with Crippen molar-refractivity contribution in [1.82, 2.24) is 10.1 Å². The molecule has 1 heterocycles. The van der Waals surface area contributed by atoms with Crippen LogP contribution in [0.25, 0.3) is 0 Å². The van der Waals surface area contributed by atoms with Gasteiger partial charge in [0, 0.05) is 0 Å². The Morgan fingerprint density at radius 1 is 1.11 bits per heavy atom. The van der Waals surface area contributed by atoms with E-state index in [0.717, 1.165) is 15.2 Å². The van der Waals surface area contributed by atoms with E-state index in [1.807, 2.05) is 0 Å². The topological polar surface area (TPSA) is 115 Å². The molecule has 1 aromatic rings. The predicted octanol–water partition coefficient (Wildman–Crippen LogP) is 1.35. The fourth-order valence-electron chi connectivity index (χ4n) is 2.45. The van der Waals surface area contributed by atoms with Gasteiger partial charge in [-0.2, -0.15) is 10.1 Å². The van der Waals surface area contributed by atoms with E-state index in [2.05, 4.69) is 5.10 Å². The highest BCUT2D eigenvalue weighted by Gasteiger charge is 2.45. The van der Waals surface area contributed by atoms with Gasteiger partial charge < -0.3 is 19.7 Å². The zero-order valence-corrected chi connectivity index (χ0v) is 15.4. The van der Waals surface area contributed by atoms with Gasteiger partial charge in [-0.25, -0.2) is 9.59 Å². The van der Waals surface area contributed by atoms with E-state index in [4.69, 9.17) is 9.47 Å². The number of rotatable bonds is 5. The largest absolute Gasteiger partial charge is 0.450 e. The summed E-state index contributed by atoms with van der Waals surface area (Å²) in [5, 5.41) is 27.2. The molecule has 1 aliphatic heterocycles. The second-order valence-corrected chi connectivity index (χ2v) is 5.64. The first kappa shape index (κ1) is 20.5. The maximum atomic E-state index is 12.6. The summed E-state index contributed by atoms with van der Waals surface area (Å²) in [6.45, 7) is 4.70. The minimum atomic E-state index is -1.41. The zero-order chi connectivity index (χ0) is 20.0. The van der Waals surface area contributed by atoms with Crippen molar-refractivity contribution in [3.05, 3.63) is 30.3 Å². The molecule has 1 aliphatic rings. The van der Waals surface area contributed by atoms with E-state index in [-0.39, 0.29) is 13.2 Å². The van der Waals surface area contributed by atoms with Crippen LogP contribution in [0.3, 0.4) is 0 Å². The molecule has 2 amide bonds. The van der Waals surface area contributed by atoms with Gasteiger partial charge in [-0.3, -0.25) is 0 Å². The van der Waals surface area contributed by atoms with Crippen molar-refractivity contribution in [3.63, 3.8) is 0 Å². The van der Waals surface area contributed by atoms with E-state index < -0.39 is 30.4 Å². The number of hydrogen-bond donors (Lipinski definition) is 2. The first-order valence-electron chi connectivity index (χ1n) is 8.60. The molecular weight excluding hydrogens is 356 g/mol. The molecule has 2 N–H and O–H groups in total. The number of hydrazine groups is 2. The number of aliphatic hydroxyl groups is 2. The number of amides is 2. The summed E-state index contributed by atoms with van der Waals surface area (Å²) in [6.07, 6.45) is -3.13. The van der Waals surface area contributed by atoms with Crippen LogP contribution in [0, 0.1) is 0 Å². The van der Waals surface area contributed by atoms with Gasteiger partial charge in [0.25, 0.3) is 0 Å². The van der Waals surface area contributed by atoms with Crippen molar-refractivity contribution in [2.75, 3.05) is 18.3 Å². The molecule has 0 bridgehead atoms. The Labute approximate surface area is 157 Å². The Balaban J connectivity index is 2.54. The van der Waals surface area contributed by atoms with Crippen molar-refractivity contribution >= 4 is 24.1 Å². The second kappa shape index (κ2) is 9.19. The van der Waals surface area contributed by atoms with Crippen LogP contribution in [-0.2, 0) is 9.47 Å². The third kappa shape index (κ3) is 4.47. The summed E-state index contributed by atoms with van der Waals surface area (Å²) in [5.41, 5.74) is 0.473. The van der Waals surface area contributed by atoms with E-state index in [1.54, 1.807) is 44.2 Å². The maximum Gasteiger partial charge on any atom is 0.450 e. The molecule has 0 saturated heterocycles. The maximum absolute atomic E-state index is 12.6. The van der Waals surface area contributed by atoms with Crippen molar-refractivity contribution in [3.8, 4) is 0 Å². The quantitative estimate of drug-likeness (QED) is 0.792. The highest BCUT2D eigenvalue weighted by atomic mass is 16.6. The lowest BCUT2D eigenvalue weighted by molar-refractivity contribution is -0.0863. The van der Waals surface area contributed by atoms with Crippen LogP contribution in [0.5, 0.6) is 0 Å². The molecule has 10 nitrogen and oxygen atoms in total. The van der Waals surface area contributed by atoms with E-state index in [0.29, 0.717) is 5.69 Å². The van der Waals surface area contributed by atoms with Crippen LogP contribution in [0.15, 0.2) is 35.4 Å². The molecule has 10 heteroatoms. The predicted molar refractivity (Wildman–Crippen MR) is 96.6 cm³/mol. The van der Waals surface area contributed by atoms with Gasteiger partial charge in [0.15, 0.2) is 0 Å². The Morgan fingerprint density at radius 2 is 1.70 bits per heavy atom. The lowest BCUT2D eigenvalue weighted by atomic mass is 10.1. The van der Waals surface area contributed by atoms with Crippen LogP contribution >= 0.6 is 0 Å². The van der Waals surface area contributed by atoms with Gasteiger partial charge in [-0.1, -0.05) is 23.3 Å². The second-order valence-electron chi connectivity index (χ2n) is 5.64. The monoisotopic (exact) mass is 380 g/mol. The minimum Gasteiger partial charge on any atom is -0.448 e. The van der Waals surface area contributed by atoms with Crippen LogP contribution in [-0.4, -0.2) is 70.2 Å². The summed E-state index contributed by atoms with van der Waals surface area (Å²) < 4.78 is 10.1. The zero-order valence-electron chi connectivity index (χ0n) is 15.4. The lowest BCUT2D eigenvalue weighted by Gasteiger charge is -2.45. The van der Waals surface area contributed by atoms with Gasteiger partial charge >= 0.3 is 12.2 Å². The molecule has 148 valence electrons. The first-order chi connectivity index (χ1) is 12.9. The van der Waals surface area contributed by atoms with E-state index in [1.165, 1.54) is 13.1 Å². The molecule has 0 spiro atoms. The molecule has 2 rings (SSSR count). The van der Waals surface area contributed by atoms with Crippen LogP contribution in [0.2, 0.25) is 0 Å². The smallest absolute Gasteiger partial charge is 0.448 e. The molecule has 3 atom stereocenters. The SMILES string of the molecule is CCOC(=O)N1[C@@H]([C@@H](O)[C@@H](C)O)C=NN(c2ccccc2)N1C(=O)OCC. The Hall–Kier alpha value is -2.85. The number of anilines is 1. The van der Waals surface area contributed by atoms with Crippen LogP contribution < -0.4 is 5.12 Å². The molecule has 0 aromatic heterocycles. The average Bonchev–Trinajstić information content (AvgIpc) is 2.67. The highest BCUT2D eigenvalue weighted by Crippen LogP contribution is 2.26. The fourth-order valence-corrected chi connectivity index (χ4v) is 2.45. The molecule has 1 aromatic carbocycles. The number of hydrazone groups is 1. The van der Waals surface area contributed by atoms with Crippen molar-refractivity contribution in [2.24, 2.45) is 5.10 Å². The number of benzene rings is 1. The number of ether oxygens (including phenoxy) is 2. The Kier molecular flexibility index (Phi) is 6.97. The molecule has 0 unspecified atom stereocenters. The molecular formula is C17H24N4O6. The minimum absolute atomic E-state index is 0.0476. The standard InChI is InChI=1S/C17H24N4O6/c1-4-26-16(24)19-14(15(23)12(3)22)11-18-20(13-9-7-6-8-10-13)21(19)17(25)27-5-2/h6-12,14-15,22-23H,4-5H2,1-3H3/t12-,14-,15+/m1/s1. The molecule has 0 aliphatic carbocycles. The number of para-hydroxylation sites is 1. The van der Waals surface area contributed by atoms with Crippen molar-refractivity contribution < 1.29 is 29.3 Å².